The Morgan fingerprint density at radius 3 is 2.36 bits per heavy atom. The van der Waals surface area contributed by atoms with E-state index in [0.29, 0.717) is 12.1 Å². The Balaban J connectivity index is 1.42. The molecule has 0 amide bonds. The largest absolute Gasteiger partial charge is 0.358 e. The number of thiocarbonyl (C=S) groups is 1. The van der Waals surface area contributed by atoms with Crippen LogP contribution in [0, 0.1) is 17.2 Å². The van der Waals surface area contributed by atoms with Gasteiger partial charge in [0.25, 0.3) is 0 Å². The van der Waals surface area contributed by atoms with E-state index >= 15 is 0 Å². The lowest BCUT2D eigenvalue weighted by atomic mass is 9.90. The Morgan fingerprint density at radius 2 is 1.72 bits per heavy atom. The molecule has 1 fully saturated rings. The molecule has 1 N–H and O–H groups in total. The highest BCUT2D eigenvalue weighted by molar-refractivity contribution is 7.80. The van der Waals surface area contributed by atoms with E-state index in [9.17, 15) is 0 Å². The maximum atomic E-state index is 8.84. The van der Waals surface area contributed by atoms with Gasteiger partial charge in [0.2, 0.25) is 0 Å². The molecule has 2 aromatic carbocycles. The molecule has 0 radical (unpaired) electrons. The van der Waals surface area contributed by atoms with Gasteiger partial charge in [-0.15, -0.1) is 0 Å². The molecule has 0 aliphatic carbocycles. The van der Waals surface area contributed by atoms with Crippen LogP contribution in [-0.4, -0.2) is 23.1 Å². The van der Waals surface area contributed by atoms with Crippen LogP contribution < -0.4 is 5.32 Å². The lowest BCUT2D eigenvalue weighted by Crippen LogP contribution is -2.44. The molecule has 3 rings (SSSR count). The minimum absolute atomic E-state index is 0.687. The summed E-state index contributed by atoms with van der Waals surface area (Å²) in [5.41, 5.74) is 3.26. The minimum atomic E-state index is 0.687. The van der Waals surface area contributed by atoms with Crippen LogP contribution in [0.15, 0.2) is 54.6 Å². The summed E-state index contributed by atoms with van der Waals surface area (Å²) in [5, 5.41) is 13.0. The van der Waals surface area contributed by atoms with Crippen LogP contribution in [0.5, 0.6) is 0 Å². The molecule has 0 aromatic heterocycles. The average Bonchev–Trinajstić information content (AvgIpc) is 2.68. The van der Waals surface area contributed by atoms with Gasteiger partial charge in [-0.25, -0.2) is 0 Å². The molecule has 128 valence electrons. The van der Waals surface area contributed by atoms with Crippen molar-refractivity contribution in [2.45, 2.75) is 25.8 Å². The van der Waals surface area contributed by atoms with Crippen LogP contribution in [0.25, 0.3) is 0 Å². The van der Waals surface area contributed by atoms with E-state index in [0.717, 1.165) is 29.7 Å². The zero-order valence-corrected chi connectivity index (χ0v) is 15.1. The molecule has 0 saturated carbocycles. The number of nitrogens with zero attached hydrogens (tertiary/aromatic N) is 2. The van der Waals surface area contributed by atoms with Crippen LogP contribution in [0.4, 0.5) is 0 Å². The monoisotopic (exact) mass is 349 g/mol. The molecule has 3 nitrogen and oxygen atoms in total. The van der Waals surface area contributed by atoms with E-state index in [-0.39, 0.29) is 0 Å². The molecule has 0 atom stereocenters. The molecule has 0 spiro atoms. The first kappa shape index (κ1) is 17.4. The van der Waals surface area contributed by atoms with E-state index in [1.54, 1.807) is 0 Å². The van der Waals surface area contributed by atoms with Crippen molar-refractivity contribution < 1.29 is 0 Å². The van der Waals surface area contributed by atoms with Crippen molar-refractivity contribution in [2.75, 3.05) is 13.1 Å². The van der Waals surface area contributed by atoms with Gasteiger partial charge >= 0.3 is 0 Å². The van der Waals surface area contributed by atoms with Gasteiger partial charge in [-0.1, -0.05) is 42.5 Å². The zero-order chi connectivity index (χ0) is 17.5. The third kappa shape index (κ3) is 5.04. The fraction of sp³-hybridized carbons (Fsp3) is 0.333. The van der Waals surface area contributed by atoms with Gasteiger partial charge in [0, 0.05) is 19.6 Å². The van der Waals surface area contributed by atoms with Gasteiger partial charge < -0.3 is 10.2 Å². The van der Waals surface area contributed by atoms with E-state index in [4.69, 9.17) is 17.5 Å². The van der Waals surface area contributed by atoms with Crippen molar-refractivity contribution in [3.63, 3.8) is 0 Å². The lowest BCUT2D eigenvalue weighted by molar-refractivity contribution is 0.263. The summed E-state index contributed by atoms with van der Waals surface area (Å²) in [4.78, 5) is 2.28. The van der Waals surface area contributed by atoms with Crippen LogP contribution in [0.3, 0.4) is 0 Å². The van der Waals surface area contributed by atoms with Crippen molar-refractivity contribution in [2.24, 2.45) is 5.92 Å². The molecule has 1 aliphatic rings. The fourth-order valence-corrected chi connectivity index (χ4v) is 3.53. The topological polar surface area (TPSA) is 39.1 Å². The second-order valence-corrected chi connectivity index (χ2v) is 6.97. The second-order valence-electron chi connectivity index (χ2n) is 6.59. The van der Waals surface area contributed by atoms with Gasteiger partial charge in [-0.05, 0) is 60.7 Å². The summed E-state index contributed by atoms with van der Waals surface area (Å²) in [6, 6.07) is 20.5. The van der Waals surface area contributed by atoms with E-state index in [1.807, 2.05) is 24.3 Å². The highest BCUT2D eigenvalue weighted by Crippen LogP contribution is 2.21. The first-order chi connectivity index (χ1) is 12.2. The molecule has 0 unspecified atom stereocenters. The number of rotatable bonds is 4. The maximum absolute atomic E-state index is 8.84. The summed E-state index contributed by atoms with van der Waals surface area (Å²) in [7, 11) is 0. The van der Waals surface area contributed by atoms with Gasteiger partial charge in [0.1, 0.15) is 0 Å². The van der Waals surface area contributed by atoms with Gasteiger partial charge in [-0.2, -0.15) is 5.26 Å². The molecular weight excluding hydrogens is 326 g/mol. The van der Waals surface area contributed by atoms with Gasteiger partial charge in [0.15, 0.2) is 5.11 Å². The average molecular weight is 350 g/mol. The van der Waals surface area contributed by atoms with Crippen LogP contribution in [0.2, 0.25) is 0 Å². The zero-order valence-electron chi connectivity index (χ0n) is 14.3. The van der Waals surface area contributed by atoms with Crippen molar-refractivity contribution in [3.8, 4) is 6.07 Å². The van der Waals surface area contributed by atoms with Gasteiger partial charge in [-0.3, -0.25) is 0 Å². The molecule has 0 bridgehead atoms. The number of piperidine rings is 1. The predicted molar refractivity (Wildman–Crippen MR) is 105 cm³/mol. The third-order valence-electron chi connectivity index (χ3n) is 4.80. The summed E-state index contributed by atoms with van der Waals surface area (Å²) < 4.78 is 0. The second kappa shape index (κ2) is 8.64. The first-order valence-electron chi connectivity index (χ1n) is 8.80. The minimum Gasteiger partial charge on any atom is -0.358 e. The number of likely N-dealkylation sites (tertiary alicyclic amines) is 1. The predicted octanol–water partition coefficient (Wildman–Crippen LogP) is 3.89. The van der Waals surface area contributed by atoms with Crippen molar-refractivity contribution in [3.05, 3.63) is 71.3 Å². The standard InChI is InChI=1S/C21H23N3S/c22-15-19-6-8-20(9-7-19)16-23-21(25)24-12-10-18(11-13-24)14-17-4-2-1-3-5-17/h1-9,18H,10-14,16H2,(H,23,25). The summed E-state index contributed by atoms with van der Waals surface area (Å²) in [6.07, 6.45) is 3.54. The fourth-order valence-electron chi connectivity index (χ4n) is 3.27. The number of nitriles is 1. The normalized spacial score (nSPS) is 14.8. The molecule has 4 heteroatoms. The highest BCUT2D eigenvalue weighted by atomic mass is 32.1. The number of benzene rings is 2. The maximum Gasteiger partial charge on any atom is 0.169 e. The van der Waals surface area contributed by atoms with Gasteiger partial charge in [0.05, 0.1) is 11.6 Å². The van der Waals surface area contributed by atoms with E-state index in [2.05, 4.69) is 46.6 Å². The number of nitrogens with one attached hydrogen (secondary N) is 1. The lowest BCUT2D eigenvalue weighted by Gasteiger charge is -2.34. The van der Waals surface area contributed by atoms with Crippen LogP contribution in [-0.2, 0) is 13.0 Å². The highest BCUT2D eigenvalue weighted by Gasteiger charge is 2.20. The number of hydrogen-bond donors (Lipinski definition) is 1. The summed E-state index contributed by atoms with van der Waals surface area (Å²) in [5.74, 6) is 0.750. The van der Waals surface area contributed by atoms with Crippen molar-refractivity contribution in [1.82, 2.24) is 10.2 Å². The Hall–Kier alpha value is -2.38. The number of hydrogen-bond acceptors (Lipinski definition) is 2. The molecule has 2 aromatic rings. The first-order valence-corrected chi connectivity index (χ1v) is 9.21. The smallest absolute Gasteiger partial charge is 0.169 e. The summed E-state index contributed by atoms with van der Waals surface area (Å²) in [6.45, 7) is 2.75. The Labute approximate surface area is 155 Å². The third-order valence-corrected chi connectivity index (χ3v) is 5.20. The molecule has 1 heterocycles. The Bertz CT molecular complexity index is 726. The quantitative estimate of drug-likeness (QED) is 0.850. The van der Waals surface area contributed by atoms with E-state index < -0.39 is 0 Å². The molecule has 25 heavy (non-hydrogen) atoms. The Kier molecular flexibility index (Phi) is 6.03. The molecular formula is C21H23N3S. The van der Waals surface area contributed by atoms with Crippen molar-refractivity contribution in [1.29, 1.82) is 5.26 Å². The SMILES string of the molecule is N#Cc1ccc(CNC(=S)N2CCC(Cc3ccccc3)CC2)cc1. The van der Waals surface area contributed by atoms with E-state index in [1.165, 1.54) is 24.8 Å². The van der Waals surface area contributed by atoms with Crippen molar-refractivity contribution >= 4 is 17.3 Å². The van der Waals surface area contributed by atoms with Crippen LogP contribution in [0.1, 0.15) is 29.5 Å². The summed E-state index contributed by atoms with van der Waals surface area (Å²) >= 11 is 5.55. The molecule has 1 saturated heterocycles. The van der Waals surface area contributed by atoms with Crippen LogP contribution >= 0.6 is 12.2 Å². The Morgan fingerprint density at radius 1 is 1.04 bits per heavy atom. The molecule has 1 aliphatic heterocycles.